The maximum Gasteiger partial charge on any atom is 0.338 e. The summed E-state index contributed by atoms with van der Waals surface area (Å²) >= 11 is 0. The van der Waals surface area contributed by atoms with E-state index in [0.29, 0.717) is 11.4 Å². The van der Waals surface area contributed by atoms with Crippen LogP contribution in [0.5, 0.6) is 0 Å². The van der Waals surface area contributed by atoms with Gasteiger partial charge in [0.25, 0.3) is 11.6 Å². The number of carbonyl (C=O) groups is 2. The fourth-order valence-electron chi connectivity index (χ4n) is 2.51. The second-order valence-electron chi connectivity index (χ2n) is 6.36. The van der Waals surface area contributed by atoms with Crippen molar-refractivity contribution in [2.45, 2.75) is 11.4 Å². The molecule has 166 valence electrons. The summed E-state index contributed by atoms with van der Waals surface area (Å²) in [7, 11) is -3.82. The smallest absolute Gasteiger partial charge is 0.338 e. The summed E-state index contributed by atoms with van der Waals surface area (Å²) in [5.74, 6) is -1.02. The molecular formula is C20H17N3O8S. The zero-order valence-electron chi connectivity index (χ0n) is 16.4. The molecule has 0 saturated carbocycles. The summed E-state index contributed by atoms with van der Waals surface area (Å²) in [6, 6.07) is 13.4. The highest BCUT2D eigenvalue weighted by Crippen LogP contribution is 2.16. The van der Waals surface area contributed by atoms with E-state index in [9.17, 15) is 28.1 Å². The summed E-state index contributed by atoms with van der Waals surface area (Å²) in [5, 5.41) is 13.1. The zero-order chi connectivity index (χ0) is 23.1. The van der Waals surface area contributed by atoms with E-state index in [2.05, 4.69) is 10.0 Å². The number of anilines is 1. The van der Waals surface area contributed by atoms with Crippen molar-refractivity contribution in [2.24, 2.45) is 0 Å². The highest BCUT2D eigenvalue weighted by Gasteiger charge is 2.16. The fraction of sp³-hybridized carbons (Fsp3) is 0.100. The van der Waals surface area contributed by atoms with Gasteiger partial charge in [-0.05, 0) is 48.5 Å². The number of hydrogen-bond acceptors (Lipinski definition) is 8. The number of ether oxygens (including phenoxy) is 1. The number of nitrogens with zero attached hydrogens (tertiary/aromatic N) is 1. The molecule has 0 aliphatic heterocycles. The van der Waals surface area contributed by atoms with Gasteiger partial charge in [-0.15, -0.1) is 0 Å². The molecule has 1 aromatic heterocycles. The number of rotatable bonds is 9. The predicted molar refractivity (Wildman–Crippen MR) is 111 cm³/mol. The maximum absolute atomic E-state index is 12.3. The molecule has 2 aromatic carbocycles. The van der Waals surface area contributed by atoms with Crippen LogP contribution in [0.15, 0.2) is 76.2 Å². The van der Waals surface area contributed by atoms with E-state index in [1.54, 1.807) is 12.1 Å². The van der Waals surface area contributed by atoms with E-state index in [-0.39, 0.29) is 22.7 Å². The summed E-state index contributed by atoms with van der Waals surface area (Å²) < 4.78 is 36.9. The lowest BCUT2D eigenvalue weighted by Crippen LogP contribution is -2.23. The van der Waals surface area contributed by atoms with Gasteiger partial charge in [-0.1, -0.05) is 0 Å². The van der Waals surface area contributed by atoms with Crippen molar-refractivity contribution in [2.75, 3.05) is 11.9 Å². The van der Waals surface area contributed by atoms with Crippen molar-refractivity contribution in [3.63, 3.8) is 0 Å². The van der Waals surface area contributed by atoms with Crippen LogP contribution >= 0.6 is 0 Å². The van der Waals surface area contributed by atoms with Gasteiger partial charge >= 0.3 is 5.97 Å². The molecule has 11 nitrogen and oxygen atoms in total. The van der Waals surface area contributed by atoms with Crippen LogP contribution in [0.25, 0.3) is 0 Å². The predicted octanol–water partition coefficient (Wildman–Crippen LogP) is 2.46. The van der Waals surface area contributed by atoms with Gasteiger partial charge < -0.3 is 14.5 Å². The Balaban J connectivity index is 1.51. The Hall–Kier alpha value is -4.03. The number of nitro benzene ring substituents is 1. The Morgan fingerprint density at radius 1 is 1.03 bits per heavy atom. The number of hydrogen-bond donors (Lipinski definition) is 2. The number of esters is 1. The first kappa shape index (κ1) is 22.7. The molecule has 1 amide bonds. The van der Waals surface area contributed by atoms with Crippen molar-refractivity contribution in [1.82, 2.24) is 4.72 Å². The van der Waals surface area contributed by atoms with Gasteiger partial charge in [0.1, 0.15) is 5.76 Å². The van der Waals surface area contributed by atoms with E-state index in [4.69, 9.17) is 9.15 Å². The van der Waals surface area contributed by atoms with Crippen LogP contribution in [0.3, 0.4) is 0 Å². The number of sulfonamides is 1. The van der Waals surface area contributed by atoms with Gasteiger partial charge in [-0.2, -0.15) is 0 Å². The minimum atomic E-state index is -3.82. The molecule has 3 rings (SSSR count). The molecule has 3 aromatic rings. The normalized spacial score (nSPS) is 11.0. The quantitative estimate of drug-likeness (QED) is 0.280. The van der Waals surface area contributed by atoms with Crippen molar-refractivity contribution < 1.29 is 32.1 Å². The second-order valence-corrected chi connectivity index (χ2v) is 8.12. The van der Waals surface area contributed by atoms with E-state index in [1.165, 1.54) is 54.8 Å². The third kappa shape index (κ3) is 6.00. The molecule has 0 atom stereocenters. The van der Waals surface area contributed by atoms with Crippen molar-refractivity contribution in [3.05, 3.63) is 88.4 Å². The van der Waals surface area contributed by atoms with Crippen molar-refractivity contribution >= 4 is 33.3 Å². The lowest BCUT2D eigenvalue weighted by molar-refractivity contribution is -0.384. The third-order valence-corrected chi connectivity index (χ3v) is 5.53. The SMILES string of the molecule is O=C(COC(=O)c1ccc(S(=O)(=O)NCc2ccco2)cc1)Nc1ccc([N+](=O)[O-])cc1. The van der Waals surface area contributed by atoms with Crippen molar-refractivity contribution in [3.8, 4) is 0 Å². The van der Waals surface area contributed by atoms with Gasteiger partial charge in [-0.25, -0.2) is 17.9 Å². The Morgan fingerprint density at radius 2 is 1.72 bits per heavy atom. The lowest BCUT2D eigenvalue weighted by atomic mass is 10.2. The molecule has 0 unspecified atom stereocenters. The monoisotopic (exact) mass is 459 g/mol. The number of nitro groups is 1. The van der Waals surface area contributed by atoms with Crippen LogP contribution < -0.4 is 10.0 Å². The Labute approximate surface area is 182 Å². The molecule has 0 bridgehead atoms. The number of amides is 1. The van der Waals surface area contributed by atoms with Crippen LogP contribution in [0, 0.1) is 10.1 Å². The van der Waals surface area contributed by atoms with Crippen LogP contribution in [0.1, 0.15) is 16.1 Å². The first-order chi connectivity index (χ1) is 15.2. The molecule has 0 aliphatic rings. The van der Waals surface area contributed by atoms with Crippen LogP contribution in [-0.4, -0.2) is 31.8 Å². The third-order valence-electron chi connectivity index (χ3n) is 4.11. The average molecular weight is 459 g/mol. The molecule has 0 fully saturated rings. The van der Waals surface area contributed by atoms with E-state index >= 15 is 0 Å². The summed E-state index contributed by atoms with van der Waals surface area (Å²) in [6.45, 7) is -0.621. The number of carbonyl (C=O) groups excluding carboxylic acids is 2. The Kier molecular flexibility index (Phi) is 6.97. The fourth-order valence-corrected chi connectivity index (χ4v) is 3.50. The first-order valence-corrected chi connectivity index (χ1v) is 10.6. The molecule has 2 N–H and O–H groups in total. The van der Waals surface area contributed by atoms with Crippen LogP contribution in [0.4, 0.5) is 11.4 Å². The van der Waals surface area contributed by atoms with Gasteiger partial charge in [0.15, 0.2) is 6.61 Å². The minimum Gasteiger partial charge on any atom is -0.468 e. The molecule has 0 radical (unpaired) electrons. The number of non-ortho nitro benzene ring substituents is 1. The molecule has 32 heavy (non-hydrogen) atoms. The average Bonchev–Trinajstić information content (AvgIpc) is 3.30. The van der Waals surface area contributed by atoms with Gasteiger partial charge in [0.2, 0.25) is 10.0 Å². The molecule has 12 heteroatoms. The largest absolute Gasteiger partial charge is 0.468 e. The molecule has 0 saturated heterocycles. The van der Waals surface area contributed by atoms with Crippen molar-refractivity contribution in [1.29, 1.82) is 0 Å². The van der Waals surface area contributed by atoms with Crippen LogP contribution in [-0.2, 0) is 26.1 Å². The van der Waals surface area contributed by atoms with E-state index in [0.717, 1.165) is 0 Å². The minimum absolute atomic E-state index is 0.0248. The number of benzene rings is 2. The standard InChI is InChI=1S/C20H17N3O8S/c24-19(22-15-5-7-16(8-6-15)23(26)27)13-31-20(25)14-3-9-18(10-4-14)32(28,29)21-12-17-2-1-11-30-17/h1-11,21H,12-13H2,(H,22,24). The second kappa shape index (κ2) is 9.85. The topological polar surface area (TPSA) is 158 Å². The van der Waals surface area contributed by atoms with Crippen LogP contribution in [0.2, 0.25) is 0 Å². The molecule has 1 heterocycles. The van der Waals surface area contributed by atoms with E-state index in [1.807, 2.05) is 0 Å². The highest BCUT2D eigenvalue weighted by molar-refractivity contribution is 7.89. The zero-order valence-corrected chi connectivity index (χ0v) is 17.2. The number of nitrogens with one attached hydrogen (secondary N) is 2. The molecule has 0 spiro atoms. The van der Waals surface area contributed by atoms with Gasteiger partial charge in [-0.3, -0.25) is 14.9 Å². The number of furan rings is 1. The summed E-state index contributed by atoms with van der Waals surface area (Å²) in [5.41, 5.74) is 0.224. The maximum atomic E-state index is 12.3. The highest BCUT2D eigenvalue weighted by atomic mass is 32.2. The lowest BCUT2D eigenvalue weighted by Gasteiger charge is -2.08. The summed E-state index contributed by atoms with van der Waals surface area (Å²) in [4.78, 5) is 34.0. The Bertz CT molecular complexity index is 1200. The van der Waals surface area contributed by atoms with Gasteiger partial charge in [0.05, 0.1) is 28.2 Å². The Morgan fingerprint density at radius 3 is 2.31 bits per heavy atom. The first-order valence-electron chi connectivity index (χ1n) is 9.08. The van der Waals surface area contributed by atoms with Gasteiger partial charge in [0, 0.05) is 17.8 Å². The molecular weight excluding hydrogens is 442 g/mol. The summed E-state index contributed by atoms with van der Waals surface area (Å²) in [6.07, 6.45) is 1.43. The van der Waals surface area contributed by atoms with E-state index < -0.39 is 33.4 Å². The molecule has 0 aliphatic carbocycles.